The third-order valence-electron chi connectivity index (χ3n) is 4.24. The second-order valence-electron chi connectivity index (χ2n) is 6.73. The summed E-state index contributed by atoms with van der Waals surface area (Å²) in [4.78, 5) is 12.2. The molecule has 0 saturated heterocycles. The van der Waals surface area contributed by atoms with E-state index in [1.165, 1.54) is 18.2 Å². The van der Waals surface area contributed by atoms with Crippen molar-refractivity contribution in [1.82, 2.24) is 0 Å². The van der Waals surface area contributed by atoms with Gasteiger partial charge >= 0.3 is 0 Å². The minimum absolute atomic E-state index is 0.117. The predicted octanol–water partition coefficient (Wildman–Crippen LogP) is 4.76. The lowest BCUT2D eigenvalue weighted by molar-refractivity contribution is -0.111. The number of amides is 1. The highest BCUT2D eigenvalue weighted by molar-refractivity contribution is 7.92. The first-order valence-corrected chi connectivity index (χ1v) is 10.6. The van der Waals surface area contributed by atoms with E-state index < -0.39 is 10.0 Å². The minimum Gasteiger partial charge on any atom is -0.323 e. The lowest BCUT2D eigenvalue weighted by Crippen LogP contribution is -2.13. The summed E-state index contributed by atoms with van der Waals surface area (Å²) in [6, 6.07) is 20.9. The molecule has 0 aliphatic rings. The summed E-state index contributed by atoms with van der Waals surface area (Å²) in [6.07, 6.45) is 3.16. The smallest absolute Gasteiger partial charge is 0.261 e. The maximum absolute atomic E-state index is 12.5. The van der Waals surface area contributed by atoms with Gasteiger partial charge in [-0.15, -0.1) is 0 Å². The van der Waals surface area contributed by atoms with Crippen LogP contribution in [0.4, 0.5) is 11.4 Å². The van der Waals surface area contributed by atoms with E-state index >= 15 is 0 Å². The number of rotatable bonds is 6. The molecular weight excluding hydrogens is 384 g/mol. The number of nitrogens with one attached hydrogen (secondary N) is 2. The van der Waals surface area contributed by atoms with E-state index in [0.29, 0.717) is 11.4 Å². The third kappa shape index (κ3) is 5.80. The van der Waals surface area contributed by atoms with Crippen LogP contribution in [-0.4, -0.2) is 14.3 Å². The average molecular weight is 407 g/mol. The number of carbonyl (C=O) groups is 1. The van der Waals surface area contributed by atoms with Crippen LogP contribution >= 0.6 is 0 Å². The quantitative estimate of drug-likeness (QED) is 0.580. The molecule has 0 saturated carbocycles. The number of anilines is 2. The van der Waals surface area contributed by atoms with Crippen molar-refractivity contribution in [3.63, 3.8) is 0 Å². The highest BCUT2D eigenvalue weighted by atomic mass is 32.2. The number of sulfonamides is 1. The van der Waals surface area contributed by atoms with Gasteiger partial charge in [-0.05, 0) is 61.9 Å². The zero-order valence-electron chi connectivity index (χ0n) is 16.2. The summed E-state index contributed by atoms with van der Waals surface area (Å²) in [5.41, 5.74) is 4.13. The molecular formula is C23H22N2O3S. The van der Waals surface area contributed by atoms with E-state index in [4.69, 9.17) is 0 Å². The Bertz CT molecular complexity index is 1120. The molecule has 3 aromatic carbocycles. The Kier molecular flexibility index (Phi) is 6.14. The highest BCUT2D eigenvalue weighted by Gasteiger charge is 2.14. The fraction of sp³-hybridized carbons (Fsp3) is 0.0870. The van der Waals surface area contributed by atoms with E-state index in [1.807, 2.05) is 50.2 Å². The van der Waals surface area contributed by atoms with Gasteiger partial charge in [0.1, 0.15) is 0 Å². The van der Waals surface area contributed by atoms with Crippen molar-refractivity contribution < 1.29 is 13.2 Å². The molecule has 2 N–H and O–H groups in total. The van der Waals surface area contributed by atoms with Crippen molar-refractivity contribution in [3.05, 3.63) is 95.6 Å². The Morgan fingerprint density at radius 2 is 1.28 bits per heavy atom. The van der Waals surface area contributed by atoms with E-state index in [9.17, 15) is 13.2 Å². The van der Waals surface area contributed by atoms with Gasteiger partial charge < -0.3 is 5.32 Å². The number of benzene rings is 3. The molecule has 0 aliphatic heterocycles. The van der Waals surface area contributed by atoms with Crippen molar-refractivity contribution in [1.29, 1.82) is 0 Å². The van der Waals surface area contributed by atoms with Crippen LogP contribution in [-0.2, 0) is 14.8 Å². The third-order valence-corrected chi connectivity index (χ3v) is 5.64. The van der Waals surface area contributed by atoms with Crippen LogP contribution in [0.25, 0.3) is 6.08 Å². The molecule has 148 valence electrons. The van der Waals surface area contributed by atoms with E-state index in [2.05, 4.69) is 10.0 Å². The van der Waals surface area contributed by atoms with Crippen molar-refractivity contribution in [3.8, 4) is 0 Å². The summed E-state index contributed by atoms with van der Waals surface area (Å²) in [5.74, 6) is -0.293. The van der Waals surface area contributed by atoms with Crippen LogP contribution < -0.4 is 10.0 Å². The minimum atomic E-state index is -3.70. The van der Waals surface area contributed by atoms with Crippen molar-refractivity contribution in [2.24, 2.45) is 0 Å². The highest BCUT2D eigenvalue weighted by Crippen LogP contribution is 2.19. The van der Waals surface area contributed by atoms with E-state index in [-0.39, 0.29) is 10.8 Å². The summed E-state index contributed by atoms with van der Waals surface area (Å²) < 4.78 is 27.5. The molecule has 29 heavy (non-hydrogen) atoms. The standard InChI is InChI=1S/C23H22N2O3S/c1-17-3-7-19(8-4-17)9-16-23(26)24-20-12-14-22(15-13-20)29(27,28)25-21-10-5-18(2)6-11-21/h3-16,25H,1-2H3,(H,24,26). The fourth-order valence-corrected chi connectivity index (χ4v) is 3.65. The second kappa shape index (κ2) is 8.75. The molecule has 0 aromatic heterocycles. The Labute approximate surface area is 171 Å². The topological polar surface area (TPSA) is 75.3 Å². The molecule has 5 nitrogen and oxygen atoms in total. The molecule has 0 fully saturated rings. The maximum Gasteiger partial charge on any atom is 0.261 e. The number of carbonyl (C=O) groups excluding carboxylic acids is 1. The van der Waals surface area contributed by atoms with Crippen LogP contribution in [0.15, 0.2) is 83.8 Å². The first kappa shape index (κ1) is 20.4. The Balaban J connectivity index is 1.63. The van der Waals surface area contributed by atoms with Gasteiger partial charge in [-0.25, -0.2) is 8.42 Å². The predicted molar refractivity (Wildman–Crippen MR) is 117 cm³/mol. The van der Waals surface area contributed by atoms with Crippen LogP contribution in [0, 0.1) is 13.8 Å². The molecule has 0 heterocycles. The molecule has 0 radical (unpaired) electrons. The number of hydrogen-bond donors (Lipinski definition) is 2. The molecule has 0 spiro atoms. The van der Waals surface area contributed by atoms with Crippen molar-refractivity contribution >= 4 is 33.4 Å². The Morgan fingerprint density at radius 3 is 1.86 bits per heavy atom. The Morgan fingerprint density at radius 1 is 0.759 bits per heavy atom. The van der Waals surface area contributed by atoms with Gasteiger partial charge in [0, 0.05) is 17.5 Å². The SMILES string of the molecule is Cc1ccc(C=CC(=O)Nc2ccc(S(=O)(=O)Nc3ccc(C)cc3)cc2)cc1. The van der Waals surface area contributed by atoms with Crippen LogP contribution in [0.1, 0.15) is 16.7 Å². The van der Waals surface area contributed by atoms with Crippen LogP contribution in [0.2, 0.25) is 0 Å². The monoisotopic (exact) mass is 406 g/mol. The first-order valence-electron chi connectivity index (χ1n) is 9.07. The molecule has 3 aromatic rings. The molecule has 1 amide bonds. The van der Waals surface area contributed by atoms with Gasteiger partial charge in [0.2, 0.25) is 5.91 Å². The van der Waals surface area contributed by atoms with Gasteiger partial charge in [-0.3, -0.25) is 9.52 Å². The zero-order chi connectivity index (χ0) is 20.9. The summed E-state index contributed by atoms with van der Waals surface area (Å²) >= 11 is 0. The fourth-order valence-electron chi connectivity index (χ4n) is 2.59. The van der Waals surface area contributed by atoms with Gasteiger partial charge in [-0.2, -0.15) is 0 Å². The number of aryl methyl sites for hydroxylation is 2. The van der Waals surface area contributed by atoms with Crippen molar-refractivity contribution in [2.45, 2.75) is 18.7 Å². The largest absolute Gasteiger partial charge is 0.323 e. The molecule has 0 atom stereocenters. The van der Waals surface area contributed by atoms with Gasteiger partial charge in [0.25, 0.3) is 10.0 Å². The van der Waals surface area contributed by atoms with Gasteiger partial charge in [0.05, 0.1) is 4.90 Å². The summed E-state index contributed by atoms with van der Waals surface area (Å²) in [7, 11) is -3.70. The normalized spacial score (nSPS) is 11.4. The van der Waals surface area contributed by atoms with Gasteiger partial charge in [0.15, 0.2) is 0 Å². The lowest BCUT2D eigenvalue weighted by Gasteiger charge is -2.09. The average Bonchev–Trinajstić information content (AvgIpc) is 2.70. The summed E-state index contributed by atoms with van der Waals surface area (Å²) in [6.45, 7) is 3.93. The first-order chi connectivity index (χ1) is 13.8. The molecule has 0 aliphatic carbocycles. The number of hydrogen-bond acceptors (Lipinski definition) is 3. The molecule has 0 bridgehead atoms. The maximum atomic E-state index is 12.5. The second-order valence-corrected chi connectivity index (χ2v) is 8.41. The van der Waals surface area contributed by atoms with E-state index in [0.717, 1.165) is 16.7 Å². The van der Waals surface area contributed by atoms with Gasteiger partial charge in [-0.1, -0.05) is 47.5 Å². The lowest BCUT2D eigenvalue weighted by atomic mass is 10.1. The molecule has 6 heteroatoms. The van der Waals surface area contributed by atoms with E-state index in [1.54, 1.807) is 30.3 Å². The Hall–Kier alpha value is -3.38. The van der Waals surface area contributed by atoms with Crippen LogP contribution in [0.3, 0.4) is 0 Å². The summed E-state index contributed by atoms with van der Waals surface area (Å²) in [5, 5.41) is 2.72. The molecule has 0 unspecified atom stereocenters. The van der Waals surface area contributed by atoms with Crippen LogP contribution in [0.5, 0.6) is 0 Å². The zero-order valence-corrected chi connectivity index (χ0v) is 17.0. The molecule has 3 rings (SSSR count). The van der Waals surface area contributed by atoms with Crippen molar-refractivity contribution in [2.75, 3.05) is 10.0 Å².